The van der Waals surface area contributed by atoms with Crippen molar-refractivity contribution in [3.8, 4) is 11.4 Å². The van der Waals surface area contributed by atoms with E-state index in [1.54, 1.807) is 6.20 Å². The van der Waals surface area contributed by atoms with E-state index in [1.807, 2.05) is 24.3 Å². The van der Waals surface area contributed by atoms with Gasteiger partial charge >= 0.3 is 0 Å². The Morgan fingerprint density at radius 3 is 2.93 bits per heavy atom. The van der Waals surface area contributed by atoms with Gasteiger partial charge in [0.2, 0.25) is 0 Å². The standard InChI is InChI=1S/C11H12N2O2/c14-7-3-4-9-8-11(13-15-9)10-5-1-2-6-12-10/h1-2,5-6,8,14H,3-4,7H2. The van der Waals surface area contributed by atoms with Gasteiger partial charge in [0.1, 0.15) is 11.5 Å². The Labute approximate surface area is 87.6 Å². The van der Waals surface area contributed by atoms with Gasteiger partial charge < -0.3 is 9.63 Å². The van der Waals surface area contributed by atoms with E-state index >= 15 is 0 Å². The first-order chi connectivity index (χ1) is 7.40. The fraction of sp³-hybridized carbons (Fsp3) is 0.273. The van der Waals surface area contributed by atoms with E-state index in [9.17, 15) is 0 Å². The number of aliphatic hydroxyl groups is 1. The van der Waals surface area contributed by atoms with Gasteiger partial charge in [-0.1, -0.05) is 11.2 Å². The van der Waals surface area contributed by atoms with E-state index in [0.717, 1.165) is 17.1 Å². The minimum Gasteiger partial charge on any atom is -0.396 e. The van der Waals surface area contributed by atoms with Crippen molar-refractivity contribution < 1.29 is 9.63 Å². The van der Waals surface area contributed by atoms with Gasteiger partial charge in [0.25, 0.3) is 0 Å². The monoisotopic (exact) mass is 204 g/mol. The van der Waals surface area contributed by atoms with Crippen molar-refractivity contribution in [2.24, 2.45) is 0 Å². The second-order valence-corrected chi connectivity index (χ2v) is 3.22. The molecule has 0 aliphatic rings. The summed E-state index contributed by atoms with van der Waals surface area (Å²) in [7, 11) is 0. The lowest BCUT2D eigenvalue weighted by Crippen LogP contribution is -1.86. The number of aliphatic hydroxyl groups excluding tert-OH is 1. The molecule has 0 amide bonds. The van der Waals surface area contributed by atoms with Gasteiger partial charge in [-0.3, -0.25) is 4.98 Å². The number of nitrogens with zero attached hydrogens (tertiary/aromatic N) is 2. The Bertz CT molecular complexity index is 412. The Hall–Kier alpha value is -1.68. The average Bonchev–Trinajstić information content (AvgIpc) is 2.76. The normalized spacial score (nSPS) is 10.5. The molecule has 2 heterocycles. The van der Waals surface area contributed by atoms with Crippen molar-refractivity contribution in [1.82, 2.24) is 10.1 Å². The first-order valence-corrected chi connectivity index (χ1v) is 4.88. The molecule has 0 aliphatic heterocycles. The van der Waals surface area contributed by atoms with Crippen LogP contribution in [0.3, 0.4) is 0 Å². The molecule has 2 rings (SSSR count). The molecule has 0 bridgehead atoms. The minimum atomic E-state index is 0.166. The first-order valence-electron chi connectivity index (χ1n) is 4.88. The summed E-state index contributed by atoms with van der Waals surface area (Å²) in [4.78, 5) is 4.17. The van der Waals surface area contributed by atoms with Crippen LogP contribution in [0.4, 0.5) is 0 Å². The van der Waals surface area contributed by atoms with Crippen LogP contribution >= 0.6 is 0 Å². The van der Waals surface area contributed by atoms with E-state index in [0.29, 0.717) is 12.8 Å². The molecule has 0 atom stereocenters. The number of rotatable bonds is 4. The van der Waals surface area contributed by atoms with Gasteiger partial charge in [0.05, 0.1) is 5.69 Å². The molecule has 0 aromatic carbocycles. The predicted molar refractivity (Wildman–Crippen MR) is 55.1 cm³/mol. The third-order valence-electron chi connectivity index (χ3n) is 2.07. The molecule has 0 saturated carbocycles. The zero-order chi connectivity index (χ0) is 10.5. The van der Waals surface area contributed by atoms with E-state index in [1.165, 1.54) is 0 Å². The van der Waals surface area contributed by atoms with Crippen LogP contribution in [0.15, 0.2) is 35.0 Å². The van der Waals surface area contributed by atoms with Crippen molar-refractivity contribution in [3.05, 3.63) is 36.2 Å². The summed E-state index contributed by atoms with van der Waals surface area (Å²) in [5.74, 6) is 0.782. The predicted octanol–water partition coefficient (Wildman–Crippen LogP) is 1.66. The maximum absolute atomic E-state index is 8.68. The molecule has 78 valence electrons. The fourth-order valence-corrected chi connectivity index (χ4v) is 1.32. The molecule has 0 radical (unpaired) electrons. The molecule has 4 nitrogen and oxygen atoms in total. The highest BCUT2D eigenvalue weighted by Gasteiger charge is 2.06. The van der Waals surface area contributed by atoms with Crippen LogP contribution in [0, 0.1) is 0 Å². The summed E-state index contributed by atoms with van der Waals surface area (Å²) in [6.07, 6.45) is 3.12. The van der Waals surface area contributed by atoms with Gasteiger partial charge in [0, 0.05) is 25.3 Å². The Kier molecular flexibility index (Phi) is 3.09. The van der Waals surface area contributed by atoms with Crippen LogP contribution in [0.2, 0.25) is 0 Å². The lowest BCUT2D eigenvalue weighted by molar-refractivity contribution is 0.280. The topological polar surface area (TPSA) is 59.2 Å². The molecule has 2 aromatic heterocycles. The molecule has 0 fully saturated rings. The van der Waals surface area contributed by atoms with Gasteiger partial charge in [-0.25, -0.2) is 0 Å². The zero-order valence-electron chi connectivity index (χ0n) is 8.26. The third kappa shape index (κ3) is 2.41. The van der Waals surface area contributed by atoms with Crippen LogP contribution in [0.25, 0.3) is 11.4 Å². The number of hydrogen-bond acceptors (Lipinski definition) is 4. The highest BCUT2D eigenvalue weighted by atomic mass is 16.5. The molecular weight excluding hydrogens is 192 g/mol. The van der Waals surface area contributed by atoms with Gasteiger partial charge in [-0.15, -0.1) is 0 Å². The largest absolute Gasteiger partial charge is 0.396 e. The van der Waals surface area contributed by atoms with Crippen LogP contribution in [-0.2, 0) is 6.42 Å². The van der Waals surface area contributed by atoms with Gasteiger partial charge in [-0.2, -0.15) is 0 Å². The number of aromatic nitrogens is 2. The Morgan fingerprint density at radius 1 is 1.27 bits per heavy atom. The fourth-order valence-electron chi connectivity index (χ4n) is 1.32. The lowest BCUT2D eigenvalue weighted by atomic mass is 10.2. The molecule has 1 N–H and O–H groups in total. The summed E-state index contributed by atoms with van der Waals surface area (Å²) in [5.41, 5.74) is 1.54. The van der Waals surface area contributed by atoms with Crippen LogP contribution in [0.1, 0.15) is 12.2 Å². The summed E-state index contributed by atoms with van der Waals surface area (Å²) >= 11 is 0. The minimum absolute atomic E-state index is 0.166. The van der Waals surface area contributed by atoms with E-state index < -0.39 is 0 Å². The van der Waals surface area contributed by atoms with E-state index in [4.69, 9.17) is 9.63 Å². The van der Waals surface area contributed by atoms with Gasteiger partial charge in [-0.05, 0) is 18.6 Å². The highest BCUT2D eigenvalue weighted by molar-refractivity contribution is 5.52. The lowest BCUT2D eigenvalue weighted by Gasteiger charge is -1.90. The summed E-state index contributed by atoms with van der Waals surface area (Å²) in [6, 6.07) is 7.51. The number of hydrogen-bond donors (Lipinski definition) is 1. The Balaban J connectivity index is 2.14. The van der Waals surface area contributed by atoms with Crippen molar-refractivity contribution in [2.75, 3.05) is 6.61 Å². The van der Waals surface area contributed by atoms with Gasteiger partial charge in [0.15, 0.2) is 0 Å². The average molecular weight is 204 g/mol. The molecule has 0 saturated heterocycles. The molecular formula is C11H12N2O2. The van der Waals surface area contributed by atoms with E-state index in [2.05, 4.69) is 10.1 Å². The summed E-state index contributed by atoms with van der Waals surface area (Å²) < 4.78 is 5.12. The number of pyridine rings is 1. The second kappa shape index (κ2) is 4.70. The van der Waals surface area contributed by atoms with Crippen molar-refractivity contribution in [3.63, 3.8) is 0 Å². The Morgan fingerprint density at radius 2 is 2.20 bits per heavy atom. The van der Waals surface area contributed by atoms with Crippen molar-refractivity contribution in [2.45, 2.75) is 12.8 Å². The third-order valence-corrected chi connectivity index (χ3v) is 2.07. The molecule has 0 aliphatic carbocycles. The second-order valence-electron chi connectivity index (χ2n) is 3.22. The van der Waals surface area contributed by atoms with E-state index in [-0.39, 0.29) is 6.61 Å². The van der Waals surface area contributed by atoms with Crippen LogP contribution in [-0.4, -0.2) is 21.9 Å². The molecule has 0 spiro atoms. The SMILES string of the molecule is OCCCc1cc(-c2ccccn2)no1. The van der Waals surface area contributed by atoms with Crippen molar-refractivity contribution >= 4 is 0 Å². The maximum atomic E-state index is 8.68. The van der Waals surface area contributed by atoms with Crippen LogP contribution in [0.5, 0.6) is 0 Å². The van der Waals surface area contributed by atoms with Crippen LogP contribution < -0.4 is 0 Å². The molecule has 15 heavy (non-hydrogen) atoms. The zero-order valence-corrected chi connectivity index (χ0v) is 8.26. The smallest absolute Gasteiger partial charge is 0.137 e. The quantitative estimate of drug-likeness (QED) is 0.822. The number of aryl methyl sites for hydroxylation is 1. The molecule has 2 aromatic rings. The van der Waals surface area contributed by atoms with Crippen molar-refractivity contribution in [1.29, 1.82) is 0 Å². The molecule has 0 unspecified atom stereocenters. The summed E-state index contributed by atoms with van der Waals surface area (Å²) in [5, 5.41) is 12.6. The first kappa shape index (κ1) is 9.86. The summed E-state index contributed by atoms with van der Waals surface area (Å²) in [6.45, 7) is 0.166. The molecule has 4 heteroatoms. The maximum Gasteiger partial charge on any atom is 0.137 e. The highest BCUT2D eigenvalue weighted by Crippen LogP contribution is 2.16.